The van der Waals surface area contributed by atoms with Crippen LogP contribution in [0.2, 0.25) is 0 Å². The molecule has 1 aliphatic carbocycles. The molecule has 108 valence electrons. The van der Waals surface area contributed by atoms with Gasteiger partial charge in [0.1, 0.15) is 0 Å². The Labute approximate surface area is 113 Å². The van der Waals surface area contributed by atoms with E-state index in [0.29, 0.717) is 6.04 Å². The van der Waals surface area contributed by atoms with Gasteiger partial charge in [-0.15, -0.1) is 0 Å². The quantitative estimate of drug-likeness (QED) is 0.824. The molecular weight excluding hydrogens is 224 g/mol. The smallest absolute Gasteiger partial charge is 0.225 e. The van der Waals surface area contributed by atoms with Crippen LogP contribution < -0.4 is 5.32 Å². The SMILES string of the molecule is CC.CC.CN1CC(C(=O)NC2CC2)C(C)(C)C1. The largest absolute Gasteiger partial charge is 0.353 e. The Kier molecular flexibility index (Phi) is 7.53. The van der Waals surface area contributed by atoms with Gasteiger partial charge in [-0.1, -0.05) is 41.5 Å². The molecule has 1 unspecified atom stereocenters. The summed E-state index contributed by atoms with van der Waals surface area (Å²) < 4.78 is 0. The summed E-state index contributed by atoms with van der Waals surface area (Å²) in [6, 6.07) is 0.490. The highest BCUT2D eigenvalue weighted by Gasteiger charge is 2.43. The molecule has 1 heterocycles. The van der Waals surface area contributed by atoms with E-state index in [9.17, 15) is 4.79 Å². The number of carbonyl (C=O) groups excluding carboxylic acids is 1. The highest BCUT2D eigenvalue weighted by atomic mass is 16.2. The predicted octanol–water partition coefficient (Wildman–Crippen LogP) is 2.91. The van der Waals surface area contributed by atoms with Crippen LogP contribution in [0.4, 0.5) is 0 Å². The van der Waals surface area contributed by atoms with Gasteiger partial charge in [0.05, 0.1) is 5.92 Å². The zero-order chi connectivity index (χ0) is 14.3. The maximum atomic E-state index is 11.9. The number of amides is 1. The molecule has 0 aromatic carbocycles. The van der Waals surface area contributed by atoms with Crippen molar-refractivity contribution in [1.29, 1.82) is 0 Å². The van der Waals surface area contributed by atoms with Crippen LogP contribution >= 0.6 is 0 Å². The first kappa shape index (κ1) is 17.4. The van der Waals surface area contributed by atoms with Crippen LogP contribution in [0.1, 0.15) is 54.4 Å². The fourth-order valence-corrected chi connectivity index (χ4v) is 2.40. The summed E-state index contributed by atoms with van der Waals surface area (Å²) >= 11 is 0. The molecular formula is C15H32N2O. The summed E-state index contributed by atoms with van der Waals surface area (Å²) in [6.45, 7) is 14.3. The van der Waals surface area contributed by atoms with E-state index in [-0.39, 0.29) is 17.2 Å². The first-order valence-electron chi connectivity index (χ1n) is 7.48. The molecule has 3 heteroatoms. The molecule has 2 aliphatic rings. The molecule has 0 spiro atoms. The number of nitrogens with zero attached hydrogens (tertiary/aromatic N) is 1. The van der Waals surface area contributed by atoms with Gasteiger partial charge in [-0.25, -0.2) is 0 Å². The van der Waals surface area contributed by atoms with Crippen molar-refractivity contribution >= 4 is 5.91 Å². The van der Waals surface area contributed by atoms with E-state index in [4.69, 9.17) is 0 Å². The van der Waals surface area contributed by atoms with Crippen molar-refractivity contribution in [2.45, 2.75) is 60.4 Å². The Morgan fingerprint density at radius 1 is 1.17 bits per heavy atom. The van der Waals surface area contributed by atoms with E-state index in [2.05, 4.69) is 31.1 Å². The van der Waals surface area contributed by atoms with E-state index < -0.39 is 0 Å². The lowest BCUT2D eigenvalue weighted by molar-refractivity contribution is -0.127. The standard InChI is InChI=1S/C11H20N2O.2C2H6/c1-11(2)7-13(3)6-9(11)10(14)12-8-4-5-8;2*1-2/h8-9H,4-7H2,1-3H3,(H,12,14);2*1-2H3. The lowest BCUT2D eigenvalue weighted by atomic mass is 9.81. The molecule has 1 saturated heterocycles. The number of likely N-dealkylation sites (tertiary alicyclic amines) is 1. The Morgan fingerprint density at radius 2 is 1.67 bits per heavy atom. The van der Waals surface area contributed by atoms with Gasteiger partial charge in [0, 0.05) is 19.1 Å². The van der Waals surface area contributed by atoms with Crippen molar-refractivity contribution in [3.63, 3.8) is 0 Å². The minimum absolute atomic E-state index is 0.133. The van der Waals surface area contributed by atoms with E-state index in [1.165, 1.54) is 12.8 Å². The van der Waals surface area contributed by atoms with Gasteiger partial charge in [-0.05, 0) is 25.3 Å². The second kappa shape index (κ2) is 7.78. The van der Waals surface area contributed by atoms with Crippen LogP contribution in [-0.2, 0) is 4.79 Å². The highest BCUT2D eigenvalue weighted by Crippen LogP contribution is 2.35. The first-order valence-corrected chi connectivity index (χ1v) is 7.48. The number of carbonyl (C=O) groups is 1. The van der Waals surface area contributed by atoms with Gasteiger partial charge in [0.2, 0.25) is 5.91 Å². The molecule has 0 bridgehead atoms. The molecule has 1 N–H and O–H groups in total. The van der Waals surface area contributed by atoms with Crippen LogP contribution in [0.5, 0.6) is 0 Å². The first-order chi connectivity index (χ1) is 8.49. The molecule has 2 fully saturated rings. The molecule has 0 aromatic rings. The maximum Gasteiger partial charge on any atom is 0.225 e. The van der Waals surface area contributed by atoms with Crippen LogP contribution in [0.25, 0.3) is 0 Å². The third kappa shape index (κ3) is 4.97. The van der Waals surface area contributed by atoms with Gasteiger partial charge < -0.3 is 10.2 Å². The fraction of sp³-hybridized carbons (Fsp3) is 0.933. The van der Waals surface area contributed by atoms with Gasteiger partial charge in [0.15, 0.2) is 0 Å². The number of hydrogen-bond acceptors (Lipinski definition) is 2. The molecule has 1 amide bonds. The second-order valence-electron chi connectivity index (χ2n) is 5.52. The molecule has 18 heavy (non-hydrogen) atoms. The average molecular weight is 256 g/mol. The fourth-order valence-electron chi connectivity index (χ4n) is 2.40. The Morgan fingerprint density at radius 3 is 2.00 bits per heavy atom. The molecule has 1 saturated carbocycles. The Bertz CT molecular complexity index is 247. The summed E-state index contributed by atoms with van der Waals surface area (Å²) in [6.07, 6.45) is 2.35. The number of nitrogens with one attached hydrogen (secondary N) is 1. The van der Waals surface area contributed by atoms with Crippen LogP contribution in [0, 0.1) is 11.3 Å². The summed E-state index contributed by atoms with van der Waals surface area (Å²) in [5.74, 6) is 0.440. The van der Waals surface area contributed by atoms with Crippen LogP contribution in [-0.4, -0.2) is 37.0 Å². The molecule has 2 rings (SSSR count). The minimum Gasteiger partial charge on any atom is -0.353 e. The van der Waals surface area contributed by atoms with Crippen molar-refractivity contribution in [3.8, 4) is 0 Å². The number of hydrogen-bond donors (Lipinski definition) is 1. The molecule has 0 radical (unpaired) electrons. The third-order valence-corrected chi connectivity index (χ3v) is 3.36. The van der Waals surface area contributed by atoms with Crippen molar-refractivity contribution in [3.05, 3.63) is 0 Å². The molecule has 1 atom stereocenters. The van der Waals surface area contributed by atoms with Crippen LogP contribution in [0.3, 0.4) is 0 Å². The van der Waals surface area contributed by atoms with E-state index >= 15 is 0 Å². The summed E-state index contributed by atoms with van der Waals surface area (Å²) in [4.78, 5) is 14.2. The highest BCUT2D eigenvalue weighted by molar-refractivity contribution is 5.80. The zero-order valence-corrected chi connectivity index (χ0v) is 13.3. The van der Waals surface area contributed by atoms with Crippen molar-refractivity contribution < 1.29 is 4.79 Å². The molecule has 0 aromatic heterocycles. The molecule has 3 nitrogen and oxygen atoms in total. The lowest BCUT2D eigenvalue weighted by Gasteiger charge is -2.24. The van der Waals surface area contributed by atoms with Crippen molar-refractivity contribution in [2.24, 2.45) is 11.3 Å². The monoisotopic (exact) mass is 256 g/mol. The second-order valence-corrected chi connectivity index (χ2v) is 5.52. The normalized spacial score (nSPS) is 25.4. The zero-order valence-electron chi connectivity index (χ0n) is 13.3. The van der Waals surface area contributed by atoms with Crippen molar-refractivity contribution in [1.82, 2.24) is 10.2 Å². The van der Waals surface area contributed by atoms with Gasteiger partial charge in [0.25, 0.3) is 0 Å². The lowest BCUT2D eigenvalue weighted by Crippen LogP contribution is -2.39. The Hall–Kier alpha value is -0.570. The van der Waals surface area contributed by atoms with E-state index in [1.807, 2.05) is 27.7 Å². The summed E-state index contributed by atoms with van der Waals surface area (Å²) in [5, 5.41) is 3.11. The van der Waals surface area contributed by atoms with Gasteiger partial charge in [-0.3, -0.25) is 4.79 Å². The average Bonchev–Trinajstić information content (AvgIpc) is 3.09. The van der Waals surface area contributed by atoms with E-state index in [1.54, 1.807) is 0 Å². The number of rotatable bonds is 2. The molecule has 1 aliphatic heterocycles. The maximum absolute atomic E-state index is 11.9. The summed E-state index contributed by atoms with van der Waals surface area (Å²) in [7, 11) is 2.09. The van der Waals surface area contributed by atoms with E-state index in [0.717, 1.165) is 13.1 Å². The van der Waals surface area contributed by atoms with Crippen molar-refractivity contribution in [2.75, 3.05) is 20.1 Å². The minimum atomic E-state index is 0.133. The van der Waals surface area contributed by atoms with Gasteiger partial charge >= 0.3 is 0 Å². The third-order valence-electron chi connectivity index (χ3n) is 3.36. The Balaban J connectivity index is 0.000000659. The van der Waals surface area contributed by atoms with Crippen LogP contribution in [0.15, 0.2) is 0 Å². The summed E-state index contributed by atoms with van der Waals surface area (Å²) in [5.41, 5.74) is 0.133. The topological polar surface area (TPSA) is 32.3 Å². The predicted molar refractivity (Wildman–Crippen MR) is 78.6 cm³/mol. The van der Waals surface area contributed by atoms with Gasteiger partial charge in [-0.2, -0.15) is 0 Å².